The average molecular weight is 411 g/mol. The Hall–Kier alpha value is -0.510. The van der Waals surface area contributed by atoms with Crippen molar-refractivity contribution in [1.82, 2.24) is 0 Å². The number of carbonyl (C=O) groups excluding carboxylic acids is 2. The van der Waals surface area contributed by atoms with Crippen LogP contribution in [0.25, 0.3) is 0 Å². The molecule has 5 aliphatic carbocycles. The van der Waals surface area contributed by atoms with Crippen LogP contribution in [0.4, 0.5) is 0 Å². The van der Waals surface area contributed by atoms with E-state index in [9.17, 15) is 9.32 Å². The van der Waals surface area contributed by atoms with Gasteiger partial charge in [0.2, 0.25) is 0 Å². The topological polar surface area (TPSA) is 71.4 Å². The van der Waals surface area contributed by atoms with Crippen molar-refractivity contribution >= 4 is 17.0 Å². The molecule has 5 fully saturated rings. The zero-order valence-corrected chi connectivity index (χ0v) is 18.6. The molecule has 0 amide bonds. The van der Waals surface area contributed by atoms with Crippen LogP contribution in [-0.4, -0.2) is 33.1 Å². The smallest absolute Gasteiger partial charge is 0.373 e. The van der Waals surface area contributed by atoms with E-state index < -0.39 is 10.8 Å². The molecule has 160 valence electrons. The Kier molecular flexibility index (Phi) is 6.89. The molecule has 5 rings (SSSR count). The van der Waals surface area contributed by atoms with Crippen molar-refractivity contribution in [3.63, 3.8) is 0 Å². The Morgan fingerprint density at radius 2 is 1.82 bits per heavy atom. The largest absolute Gasteiger partial charge is 0.392 e. The molecule has 28 heavy (non-hydrogen) atoms. The highest BCUT2D eigenvalue weighted by atomic mass is 32.2. The van der Waals surface area contributed by atoms with Crippen LogP contribution in [0, 0.1) is 40.4 Å². The quantitative estimate of drug-likeness (QED) is 0.754. The highest BCUT2D eigenvalue weighted by Gasteiger charge is 2.65. The lowest BCUT2D eigenvalue weighted by atomic mass is 9.37. The Balaban J connectivity index is 0.000000706. The second kappa shape index (κ2) is 8.70. The van der Waals surface area contributed by atoms with E-state index in [1.54, 1.807) is 0 Å². The predicted octanol–water partition coefficient (Wildman–Crippen LogP) is 4.19. The zero-order chi connectivity index (χ0) is 20.5. The first kappa shape index (κ1) is 22.2. The normalized spacial score (nSPS) is 47.7. The summed E-state index contributed by atoms with van der Waals surface area (Å²) in [5, 5.41) is 11.5. The van der Waals surface area contributed by atoms with Crippen molar-refractivity contribution in [2.24, 2.45) is 40.4 Å². The summed E-state index contributed by atoms with van der Waals surface area (Å²) in [6, 6.07) is 0. The first-order chi connectivity index (χ1) is 13.3. The van der Waals surface area contributed by atoms with Gasteiger partial charge in [-0.2, -0.15) is 9.59 Å². The van der Waals surface area contributed by atoms with Crippen LogP contribution >= 0.6 is 0 Å². The molecule has 0 saturated heterocycles. The number of hydrogen-bond donors (Lipinski definition) is 1. The highest BCUT2D eigenvalue weighted by Crippen LogP contribution is 2.70. The summed E-state index contributed by atoms with van der Waals surface area (Å²) >= 11 is 0. The van der Waals surface area contributed by atoms with Crippen LogP contribution in [0.1, 0.15) is 78.6 Å². The molecule has 0 radical (unpaired) electrons. The van der Waals surface area contributed by atoms with Gasteiger partial charge in [-0.05, 0) is 85.4 Å². The highest BCUT2D eigenvalue weighted by molar-refractivity contribution is 7.84. The number of fused-ring (bicyclic) bond motifs is 3. The summed E-state index contributed by atoms with van der Waals surface area (Å²) in [5.74, 6) is 4.94. The van der Waals surface area contributed by atoms with E-state index >= 15 is 0 Å². The fourth-order valence-corrected chi connectivity index (χ4v) is 9.65. The lowest BCUT2D eigenvalue weighted by molar-refractivity contribution is -0.229. The minimum absolute atomic E-state index is 0.151. The van der Waals surface area contributed by atoms with Gasteiger partial charge in [-0.15, -0.1) is 0 Å². The Labute approximate surface area is 172 Å². The molecule has 2 bridgehead atoms. The number of aliphatic hydroxyl groups excluding tert-OH is 1. The molecule has 1 N–H and O–H groups in total. The van der Waals surface area contributed by atoms with Crippen LogP contribution in [-0.2, 0) is 20.4 Å². The number of hydrogen-bond acceptors (Lipinski definition) is 4. The molecule has 0 heterocycles. The molecule has 4 nitrogen and oxygen atoms in total. The predicted molar refractivity (Wildman–Crippen MR) is 110 cm³/mol. The molecule has 0 aliphatic heterocycles. The van der Waals surface area contributed by atoms with Gasteiger partial charge in [0.25, 0.3) is 0 Å². The summed E-state index contributed by atoms with van der Waals surface area (Å²) in [5.41, 5.74) is 0.598. The Morgan fingerprint density at radius 3 is 2.50 bits per heavy atom. The maximum absolute atomic E-state index is 12.4. The summed E-state index contributed by atoms with van der Waals surface area (Å²) in [6.07, 6.45) is 11.6. The molecule has 9 atom stereocenters. The lowest BCUT2D eigenvalue weighted by Crippen LogP contribution is -2.65. The van der Waals surface area contributed by atoms with Gasteiger partial charge in [0.15, 0.2) is 0 Å². The molecule has 0 aromatic rings. The van der Waals surface area contributed by atoms with E-state index in [0.717, 1.165) is 29.8 Å². The van der Waals surface area contributed by atoms with E-state index in [-0.39, 0.29) is 17.7 Å². The minimum atomic E-state index is -0.740. The zero-order valence-electron chi connectivity index (χ0n) is 17.8. The van der Waals surface area contributed by atoms with Crippen molar-refractivity contribution < 1.29 is 18.9 Å². The summed E-state index contributed by atoms with van der Waals surface area (Å²) < 4.78 is 12.4. The molecule has 5 saturated carbocycles. The Morgan fingerprint density at radius 1 is 1.14 bits per heavy atom. The monoisotopic (exact) mass is 410 g/mol. The van der Waals surface area contributed by atoms with Crippen molar-refractivity contribution in [2.45, 2.75) is 84.7 Å². The van der Waals surface area contributed by atoms with Crippen molar-refractivity contribution in [3.05, 3.63) is 0 Å². The molecule has 1 unspecified atom stereocenters. The van der Waals surface area contributed by atoms with E-state index in [4.69, 9.17) is 9.59 Å². The van der Waals surface area contributed by atoms with E-state index in [1.165, 1.54) is 51.4 Å². The molecular formula is C23H38O4S. The fourth-order valence-electron chi connectivity index (χ4n) is 8.15. The van der Waals surface area contributed by atoms with E-state index in [1.807, 2.05) is 0 Å². The number of aliphatic hydroxyl groups is 1. The van der Waals surface area contributed by atoms with E-state index in [2.05, 4.69) is 20.8 Å². The van der Waals surface area contributed by atoms with Crippen LogP contribution in [0.2, 0.25) is 0 Å². The first-order valence-corrected chi connectivity index (χ1v) is 12.8. The fraction of sp³-hybridized carbons (Fsp3) is 0.957. The maximum Gasteiger partial charge on any atom is 0.373 e. The molecule has 5 aliphatic rings. The molecule has 0 aromatic heterocycles. The maximum atomic E-state index is 12.4. The second-order valence-electron chi connectivity index (χ2n) is 10.3. The van der Waals surface area contributed by atoms with Crippen LogP contribution < -0.4 is 0 Å². The van der Waals surface area contributed by atoms with Crippen LogP contribution in [0.5, 0.6) is 0 Å². The van der Waals surface area contributed by atoms with Gasteiger partial charge in [-0.3, -0.25) is 4.21 Å². The van der Waals surface area contributed by atoms with Gasteiger partial charge in [0.1, 0.15) is 0 Å². The first-order valence-electron chi connectivity index (χ1n) is 11.4. The summed E-state index contributed by atoms with van der Waals surface area (Å²) in [7, 11) is -0.740. The van der Waals surface area contributed by atoms with Gasteiger partial charge in [0.05, 0.1) is 6.10 Å². The molecule has 5 heteroatoms. The van der Waals surface area contributed by atoms with Gasteiger partial charge in [-0.25, -0.2) is 0 Å². The minimum Gasteiger partial charge on any atom is -0.392 e. The molecule has 0 aromatic carbocycles. The van der Waals surface area contributed by atoms with Crippen molar-refractivity contribution in [2.75, 3.05) is 11.5 Å². The third-order valence-corrected chi connectivity index (χ3v) is 10.9. The molecule has 1 spiro atoms. The van der Waals surface area contributed by atoms with Crippen molar-refractivity contribution in [1.29, 1.82) is 0 Å². The van der Waals surface area contributed by atoms with Gasteiger partial charge < -0.3 is 5.11 Å². The lowest BCUT2D eigenvalue weighted by Gasteiger charge is -2.69. The van der Waals surface area contributed by atoms with Gasteiger partial charge >= 0.3 is 6.15 Å². The summed E-state index contributed by atoms with van der Waals surface area (Å²) in [4.78, 5) is 16.2. The average Bonchev–Trinajstić information content (AvgIpc) is 2.65. The second-order valence-corrected chi connectivity index (χ2v) is 12.0. The van der Waals surface area contributed by atoms with Gasteiger partial charge in [-0.1, -0.05) is 33.6 Å². The third kappa shape index (κ3) is 3.56. The number of rotatable bonds is 4. The SMILES string of the molecule is CCCS(=O)C[C@H]1[C@H]2CC[C@@]3(CC[C@@H]4[C@@H](C)CCC[C@@]4(C)[C@@H]3C2)[C@@H]1O.O=C=O. The van der Waals surface area contributed by atoms with E-state index in [0.29, 0.717) is 23.2 Å². The summed E-state index contributed by atoms with van der Waals surface area (Å²) in [6.45, 7) is 7.17. The van der Waals surface area contributed by atoms with Gasteiger partial charge in [0, 0.05) is 22.3 Å². The Bertz CT molecular complexity index is 616. The third-order valence-electron chi connectivity index (χ3n) is 9.25. The van der Waals surface area contributed by atoms with Crippen molar-refractivity contribution in [3.8, 4) is 0 Å². The van der Waals surface area contributed by atoms with Crippen LogP contribution in [0.15, 0.2) is 0 Å². The standard InChI is InChI=1S/C22H38O2S.CO2/c1-4-12-25(24)14-17-16-7-10-22(20(17)23)11-8-18-15(2)6-5-9-21(18,3)19(22)13-16;2-1-3/h15-20,23H,4-14H2,1-3H3;/t15-,16-,17-,18+,19-,20+,21+,22-,25?;/m0./s1. The van der Waals surface area contributed by atoms with Crippen LogP contribution in [0.3, 0.4) is 0 Å². The molecular weight excluding hydrogens is 372 g/mol.